The number of alkyl halides is 2. The van der Waals surface area contributed by atoms with Crippen LogP contribution in [0.4, 0.5) is 8.78 Å². The fourth-order valence-electron chi connectivity index (χ4n) is 4.48. The van der Waals surface area contributed by atoms with Gasteiger partial charge in [-0.05, 0) is 48.4 Å². The molecule has 11 heteroatoms. The molecule has 0 spiro atoms. The van der Waals surface area contributed by atoms with E-state index in [9.17, 15) is 17.2 Å². The van der Waals surface area contributed by atoms with Crippen LogP contribution in [0.1, 0.15) is 11.1 Å². The molecule has 0 amide bonds. The molecule has 0 radical (unpaired) electrons. The zero-order valence-corrected chi connectivity index (χ0v) is 20.0. The average molecular weight is 507 g/mol. The number of rotatable bonds is 10. The van der Waals surface area contributed by atoms with Crippen LogP contribution in [0.25, 0.3) is 0 Å². The van der Waals surface area contributed by atoms with Crippen molar-refractivity contribution in [2.24, 2.45) is 0 Å². The molecule has 1 N–H and O–H groups in total. The summed E-state index contributed by atoms with van der Waals surface area (Å²) < 4.78 is 62.6. The van der Waals surface area contributed by atoms with Crippen molar-refractivity contribution in [1.29, 1.82) is 5.26 Å². The SMILES string of the molecule is N#Cc1ccc(S(=O)(=O)NCCN2CC3CN(CCc4ccc(OC(F)F)cc4)CC(C2)O3)cc1. The van der Waals surface area contributed by atoms with Crippen molar-refractivity contribution in [2.45, 2.75) is 30.1 Å². The smallest absolute Gasteiger partial charge is 0.387 e. The molecule has 0 aromatic heterocycles. The van der Waals surface area contributed by atoms with Gasteiger partial charge in [-0.1, -0.05) is 12.1 Å². The van der Waals surface area contributed by atoms with E-state index in [1.54, 1.807) is 24.3 Å². The van der Waals surface area contributed by atoms with Crippen LogP contribution in [-0.2, 0) is 21.2 Å². The van der Waals surface area contributed by atoms with Gasteiger partial charge in [0.05, 0.1) is 28.7 Å². The topological polar surface area (TPSA) is 94.9 Å². The van der Waals surface area contributed by atoms with Crippen molar-refractivity contribution in [1.82, 2.24) is 14.5 Å². The highest BCUT2D eigenvalue weighted by Crippen LogP contribution is 2.20. The third-order valence-electron chi connectivity index (χ3n) is 6.11. The van der Waals surface area contributed by atoms with Crippen molar-refractivity contribution < 1.29 is 26.7 Å². The number of nitrogens with one attached hydrogen (secondary N) is 1. The first kappa shape index (κ1) is 25.5. The normalized spacial score (nSPS) is 21.1. The van der Waals surface area contributed by atoms with Gasteiger partial charge < -0.3 is 9.47 Å². The lowest BCUT2D eigenvalue weighted by atomic mass is 10.1. The standard InChI is InChI=1S/C24H28F2N4O4S/c25-24(26)34-20-5-1-18(2-6-20)9-11-29-14-21-16-30(17-22(15-29)33-21)12-10-28-35(31,32)23-7-3-19(13-27)4-8-23/h1-8,21-22,24,28H,9-12,14-17H2. The maximum absolute atomic E-state index is 12.5. The number of nitrogens with zero attached hydrogens (tertiary/aromatic N) is 3. The molecular weight excluding hydrogens is 478 g/mol. The maximum Gasteiger partial charge on any atom is 0.387 e. The van der Waals surface area contributed by atoms with Gasteiger partial charge in [0, 0.05) is 45.8 Å². The van der Waals surface area contributed by atoms with Gasteiger partial charge in [-0.15, -0.1) is 0 Å². The minimum absolute atomic E-state index is 0.0550. The minimum atomic E-state index is -3.63. The fourth-order valence-corrected chi connectivity index (χ4v) is 5.50. The molecule has 8 nitrogen and oxygen atoms in total. The third kappa shape index (κ3) is 7.19. The van der Waals surface area contributed by atoms with E-state index in [-0.39, 0.29) is 29.4 Å². The third-order valence-corrected chi connectivity index (χ3v) is 7.59. The van der Waals surface area contributed by atoms with Crippen molar-refractivity contribution in [2.75, 3.05) is 45.8 Å². The molecule has 2 aliphatic heterocycles. The number of morpholine rings is 2. The molecular formula is C24H28F2N4O4S. The van der Waals surface area contributed by atoms with E-state index in [1.807, 2.05) is 6.07 Å². The monoisotopic (exact) mass is 506 g/mol. The lowest BCUT2D eigenvalue weighted by Crippen LogP contribution is -2.60. The van der Waals surface area contributed by atoms with Crippen LogP contribution in [0.3, 0.4) is 0 Å². The summed E-state index contributed by atoms with van der Waals surface area (Å²) in [5, 5.41) is 8.86. The van der Waals surface area contributed by atoms with Gasteiger partial charge in [-0.25, -0.2) is 13.1 Å². The van der Waals surface area contributed by atoms with Crippen LogP contribution >= 0.6 is 0 Å². The molecule has 2 aromatic rings. The summed E-state index contributed by atoms with van der Waals surface area (Å²) in [7, 11) is -3.63. The second-order valence-corrected chi connectivity index (χ2v) is 10.5. The summed E-state index contributed by atoms with van der Waals surface area (Å²) in [6.07, 6.45) is 0.911. The van der Waals surface area contributed by atoms with E-state index >= 15 is 0 Å². The van der Waals surface area contributed by atoms with Gasteiger partial charge in [0.1, 0.15) is 5.75 Å². The Bertz CT molecular complexity index is 1110. The number of ether oxygens (including phenoxy) is 2. The molecule has 2 atom stereocenters. The fraction of sp³-hybridized carbons (Fsp3) is 0.458. The summed E-state index contributed by atoms with van der Waals surface area (Å²) in [5.41, 5.74) is 1.47. The van der Waals surface area contributed by atoms with Crippen LogP contribution in [0, 0.1) is 11.3 Å². The Kier molecular flexibility index (Phi) is 8.30. The quantitative estimate of drug-likeness (QED) is 0.527. The number of fused-ring (bicyclic) bond motifs is 2. The highest BCUT2D eigenvalue weighted by Gasteiger charge is 2.34. The van der Waals surface area contributed by atoms with E-state index in [1.165, 1.54) is 24.3 Å². The van der Waals surface area contributed by atoms with Gasteiger partial charge in [-0.2, -0.15) is 14.0 Å². The lowest BCUT2D eigenvalue weighted by molar-refractivity contribution is -0.137. The molecule has 4 rings (SSSR count). The highest BCUT2D eigenvalue weighted by molar-refractivity contribution is 7.89. The Balaban J connectivity index is 1.20. The van der Waals surface area contributed by atoms with Gasteiger partial charge in [-0.3, -0.25) is 9.80 Å². The zero-order chi connectivity index (χ0) is 24.8. The average Bonchev–Trinajstić information content (AvgIpc) is 2.83. The van der Waals surface area contributed by atoms with Crippen LogP contribution < -0.4 is 9.46 Å². The summed E-state index contributed by atoms with van der Waals surface area (Å²) in [6.45, 7) is 1.92. The Hall–Kier alpha value is -2.62. The van der Waals surface area contributed by atoms with E-state index in [2.05, 4.69) is 19.3 Å². The number of hydrogen-bond donors (Lipinski definition) is 1. The number of hydrogen-bond acceptors (Lipinski definition) is 7. The summed E-state index contributed by atoms with van der Waals surface area (Å²) >= 11 is 0. The first-order valence-electron chi connectivity index (χ1n) is 11.4. The van der Waals surface area contributed by atoms with Crippen molar-refractivity contribution in [3.05, 3.63) is 59.7 Å². The molecule has 35 heavy (non-hydrogen) atoms. The first-order chi connectivity index (χ1) is 16.8. The van der Waals surface area contributed by atoms with Crippen LogP contribution in [0.5, 0.6) is 5.75 Å². The van der Waals surface area contributed by atoms with Gasteiger partial charge in [0.15, 0.2) is 0 Å². The maximum atomic E-state index is 12.5. The Morgan fingerprint density at radius 3 is 2.17 bits per heavy atom. The van der Waals surface area contributed by atoms with Gasteiger partial charge in [0.2, 0.25) is 10.0 Å². The van der Waals surface area contributed by atoms with Crippen LogP contribution in [-0.4, -0.2) is 82.9 Å². The number of benzene rings is 2. The zero-order valence-electron chi connectivity index (χ0n) is 19.1. The second-order valence-electron chi connectivity index (χ2n) is 8.71. The molecule has 0 saturated carbocycles. The lowest BCUT2D eigenvalue weighted by Gasteiger charge is -2.46. The van der Waals surface area contributed by atoms with Crippen molar-refractivity contribution in [3.63, 3.8) is 0 Å². The summed E-state index contributed by atoms with van der Waals surface area (Å²) in [6, 6.07) is 14.5. The largest absolute Gasteiger partial charge is 0.435 e. The summed E-state index contributed by atoms with van der Waals surface area (Å²) in [4.78, 5) is 4.72. The molecule has 2 aliphatic rings. The minimum Gasteiger partial charge on any atom is -0.435 e. The van der Waals surface area contributed by atoms with E-state index in [0.717, 1.165) is 44.7 Å². The van der Waals surface area contributed by atoms with Crippen LogP contribution in [0.15, 0.2) is 53.4 Å². The first-order valence-corrected chi connectivity index (χ1v) is 12.9. The predicted octanol–water partition coefficient (Wildman–Crippen LogP) is 2.07. The second kappa shape index (κ2) is 11.4. The predicted molar refractivity (Wildman–Crippen MR) is 125 cm³/mol. The molecule has 2 heterocycles. The Morgan fingerprint density at radius 1 is 1.00 bits per heavy atom. The molecule has 2 unspecified atom stereocenters. The van der Waals surface area contributed by atoms with E-state index < -0.39 is 16.6 Å². The number of nitriles is 1. The van der Waals surface area contributed by atoms with Crippen molar-refractivity contribution in [3.8, 4) is 11.8 Å². The van der Waals surface area contributed by atoms with Crippen LogP contribution in [0.2, 0.25) is 0 Å². The van der Waals surface area contributed by atoms with Gasteiger partial charge in [0.25, 0.3) is 0 Å². The molecule has 188 valence electrons. The Morgan fingerprint density at radius 2 is 1.60 bits per heavy atom. The number of sulfonamides is 1. The van der Waals surface area contributed by atoms with Gasteiger partial charge >= 0.3 is 6.61 Å². The Labute approximate surface area is 204 Å². The van der Waals surface area contributed by atoms with E-state index in [0.29, 0.717) is 12.1 Å². The molecule has 2 aromatic carbocycles. The summed E-state index contributed by atoms with van der Waals surface area (Å²) in [5.74, 6) is 0.156. The molecule has 2 fully saturated rings. The highest BCUT2D eigenvalue weighted by atomic mass is 32.2. The molecule has 2 bridgehead atoms. The number of halogens is 2. The molecule has 2 saturated heterocycles. The molecule has 0 aliphatic carbocycles. The van der Waals surface area contributed by atoms with Crippen molar-refractivity contribution >= 4 is 10.0 Å². The van der Waals surface area contributed by atoms with E-state index in [4.69, 9.17) is 10.00 Å².